The van der Waals surface area contributed by atoms with Crippen LogP contribution in [0.3, 0.4) is 0 Å². The zero-order valence-corrected chi connectivity index (χ0v) is 13.5. The third-order valence-electron chi connectivity index (χ3n) is 3.82. The molecule has 1 N–H and O–H groups in total. The second-order valence-corrected chi connectivity index (χ2v) is 5.61. The molecule has 0 saturated carbocycles. The third-order valence-corrected chi connectivity index (χ3v) is 3.82. The summed E-state index contributed by atoms with van der Waals surface area (Å²) in [5, 5.41) is 14.4. The Bertz CT molecular complexity index is 787. The largest absolute Gasteiger partial charge is 0.497 e. The number of aliphatic hydroxyl groups excluding tert-OH is 1. The molecule has 4 nitrogen and oxygen atoms in total. The van der Waals surface area contributed by atoms with E-state index in [-0.39, 0.29) is 0 Å². The van der Waals surface area contributed by atoms with Gasteiger partial charge in [0.2, 0.25) is 0 Å². The molecule has 0 aliphatic rings. The normalized spacial score (nSPS) is 12.2. The molecule has 0 amide bonds. The van der Waals surface area contributed by atoms with Crippen molar-refractivity contribution in [2.24, 2.45) is 0 Å². The topological polar surface area (TPSA) is 47.3 Å². The Kier molecular flexibility index (Phi) is 4.17. The number of aryl methyl sites for hydroxylation is 1. The second kappa shape index (κ2) is 6.26. The highest BCUT2D eigenvalue weighted by Gasteiger charge is 2.14. The van der Waals surface area contributed by atoms with Crippen molar-refractivity contribution in [2.75, 3.05) is 7.11 Å². The van der Waals surface area contributed by atoms with Crippen molar-refractivity contribution in [3.63, 3.8) is 0 Å². The molecule has 0 bridgehead atoms. The van der Waals surface area contributed by atoms with Gasteiger partial charge >= 0.3 is 0 Å². The number of benzene rings is 2. The minimum absolute atomic E-state index is 0.612. The minimum atomic E-state index is -0.612. The summed E-state index contributed by atoms with van der Waals surface area (Å²) in [6.45, 7) is 3.78. The van der Waals surface area contributed by atoms with Gasteiger partial charge in [-0.3, -0.25) is 0 Å². The van der Waals surface area contributed by atoms with Crippen molar-refractivity contribution >= 4 is 0 Å². The molecule has 23 heavy (non-hydrogen) atoms. The minimum Gasteiger partial charge on any atom is -0.497 e. The van der Waals surface area contributed by atoms with Crippen LogP contribution in [-0.4, -0.2) is 22.0 Å². The zero-order chi connectivity index (χ0) is 16.4. The molecule has 2 aromatic carbocycles. The second-order valence-electron chi connectivity index (χ2n) is 5.61. The SMILES string of the molecule is COc1ccc(-c2cc(C(C)O)nn2-c2ccc(C)cc2)cc1. The number of aliphatic hydroxyl groups is 1. The summed E-state index contributed by atoms with van der Waals surface area (Å²) in [4.78, 5) is 0. The van der Waals surface area contributed by atoms with Crippen molar-refractivity contribution in [3.05, 3.63) is 65.9 Å². The Labute approximate surface area is 136 Å². The Morgan fingerprint density at radius 1 is 1.04 bits per heavy atom. The van der Waals surface area contributed by atoms with Gasteiger partial charge in [-0.2, -0.15) is 5.10 Å². The Morgan fingerprint density at radius 3 is 2.26 bits per heavy atom. The Hall–Kier alpha value is -2.59. The first-order chi connectivity index (χ1) is 11.1. The molecule has 0 fully saturated rings. The number of methoxy groups -OCH3 is 1. The highest BCUT2D eigenvalue weighted by molar-refractivity contribution is 5.63. The van der Waals surface area contributed by atoms with E-state index in [0.717, 1.165) is 22.7 Å². The average Bonchev–Trinajstić information content (AvgIpc) is 3.01. The first kappa shape index (κ1) is 15.3. The van der Waals surface area contributed by atoms with Gasteiger partial charge in [-0.05, 0) is 56.3 Å². The lowest BCUT2D eigenvalue weighted by Crippen LogP contribution is -2.00. The molecular weight excluding hydrogens is 288 g/mol. The van der Waals surface area contributed by atoms with Crippen LogP contribution in [0.5, 0.6) is 5.75 Å². The monoisotopic (exact) mass is 308 g/mol. The molecule has 1 aromatic heterocycles. The van der Waals surface area contributed by atoms with Crippen LogP contribution >= 0.6 is 0 Å². The fourth-order valence-corrected chi connectivity index (χ4v) is 2.45. The van der Waals surface area contributed by atoms with Gasteiger partial charge in [-0.15, -0.1) is 0 Å². The van der Waals surface area contributed by atoms with Crippen LogP contribution in [0.1, 0.15) is 24.3 Å². The van der Waals surface area contributed by atoms with Crippen LogP contribution in [0.4, 0.5) is 0 Å². The van der Waals surface area contributed by atoms with Gasteiger partial charge in [0.1, 0.15) is 5.75 Å². The van der Waals surface area contributed by atoms with E-state index in [1.54, 1.807) is 14.0 Å². The van der Waals surface area contributed by atoms with Crippen LogP contribution in [0, 0.1) is 6.92 Å². The maximum atomic E-state index is 9.89. The average molecular weight is 308 g/mol. The molecule has 1 unspecified atom stereocenters. The van der Waals surface area contributed by atoms with E-state index < -0.39 is 6.10 Å². The molecule has 0 aliphatic heterocycles. The smallest absolute Gasteiger partial charge is 0.118 e. The van der Waals surface area contributed by atoms with E-state index in [4.69, 9.17) is 4.74 Å². The standard InChI is InChI=1S/C19H20N2O2/c1-13-4-8-16(9-5-13)21-19(12-18(20-21)14(2)22)15-6-10-17(23-3)11-7-15/h4-12,14,22H,1-3H3. The predicted molar refractivity (Wildman–Crippen MR) is 90.9 cm³/mol. The summed E-state index contributed by atoms with van der Waals surface area (Å²) < 4.78 is 7.08. The van der Waals surface area contributed by atoms with Crippen LogP contribution in [0.2, 0.25) is 0 Å². The maximum Gasteiger partial charge on any atom is 0.118 e. The van der Waals surface area contributed by atoms with E-state index >= 15 is 0 Å². The van der Waals surface area contributed by atoms with Gasteiger partial charge < -0.3 is 9.84 Å². The van der Waals surface area contributed by atoms with Gasteiger partial charge in [-0.25, -0.2) is 4.68 Å². The first-order valence-corrected chi connectivity index (χ1v) is 7.58. The number of hydrogen-bond acceptors (Lipinski definition) is 3. The third kappa shape index (κ3) is 3.12. The summed E-state index contributed by atoms with van der Waals surface area (Å²) in [6, 6.07) is 17.9. The van der Waals surface area contributed by atoms with E-state index in [0.29, 0.717) is 5.69 Å². The quantitative estimate of drug-likeness (QED) is 0.795. The van der Waals surface area contributed by atoms with Gasteiger partial charge in [0.15, 0.2) is 0 Å². The Balaban J connectivity index is 2.12. The van der Waals surface area contributed by atoms with Crippen LogP contribution in [0.25, 0.3) is 16.9 Å². The molecule has 3 rings (SSSR count). The van der Waals surface area contributed by atoms with Crippen LogP contribution in [0.15, 0.2) is 54.6 Å². The molecule has 0 radical (unpaired) electrons. The summed E-state index contributed by atoms with van der Waals surface area (Å²) in [7, 11) is 1.65. The summed E-state index contributed by atoms with van der Waals surface area (Å²) in [5.74, 6) is 0.811. The van der Waals surface area contributed by atoms with E-state index in [2.05, 4.69) is 24.2 Å². The van der Waals surface area contributed by atoms with E-state index in [9.17, 15) is 5.11 Å². The van der Waals surface area contributed by atoms with E-state index in [1.165, 1.54) is 5.56 Å². The van der Waals surface area contributed by atoms with Crippen LogP contribution < -0.4 is 4.74 Å². The van der Waals surface area contributed by atoms with Crippen molar-refractivity contribution in [1.29, 1.82) is 0 Å². The van der Waals surface area contributed by atoms with Gasteiger partial charge in [0.05, 0.1) is 30.3 Å². The Morgan fingerprint density at radius 2 is 1.70 bits per heavy atom. The van der Waals surface area contributed by atoms with Crippen molar-refractivity contribution in [2.45, 2.75) is 20.0 Å². The molecular formula is C19H20N2O2. The fraction of sp³-hybridized carbons (Fsp3) is 0.211. The molecule has 118 valence electrons. The first-order valence-electron chi connectivity index (χ1n) is 7.58. The number of nitrogens with zero attached hydrogens (tertiary/aromatic N) is 2. The lowest BCUT2D eigenvalue weighted by Gasteiger charge is -2.08. The van der Waals surface area contributed by atoms with E-state index in [1.807, 2.05) is 47.1 Å². The van der Waals surface area contributed by atoms with Gasteiger partial charge in [0.25, 0.3) is 0 Å². The predicted octanol–water partition coefficient (Wildman–Crippen LogP) is 3.91. The highest BCUT2D eigenvalue weighted by atomic mass is 16.5. The van der Waals surface area contributed by atoms with Gasteiger partial charge in [0, 0.05) is 5.56 Å². The summed E-state index contributed by atoms with van der Waals surface area (Å²) in [5.41, 5.74) is 4.77. The van der Waals surface area contributed by atoms with Crippen molar-refractivity contribution < 1.29 is 9.84 Å². The zero-order valence-electron chi connectivity index (χ0n) is 13.5. The molecule has 4 heteroatoms. The number of rotatable bonds is 4. The molecule has 3 aromatic rings. The van der Waals surface area contributed by atoms with Crippen molar-refractivity contribution in [3.8, 4) is 22.7 Å². The molecule has 0 saturated heterocycles. The maximum absolute atomic E-state index is 9.89. The molecule has 0 spiro atoms. The number of aromatic nitrogens is 2. The summed E-state index contributed by atoms with van der Waals surface area (Å²) >= 11 is 0. The number of ether oxygens (including phenoxy) is 1. The molecule has 1 atom stereocenters. The lowest BCUT2D eigenvalue weighted by molar-refractivity contribution is 0.193. The number of hydrogen-bond donors (Lipinski definition) is 1. The summed E-state index contributed by atoms with van der Waals surface area (Å²) in [6.07, 6.45) is -0.612. The fourth-order valence-electron chi connectivity index (χ4n) is 2.45. The van der Waals surface area contributed by atoms with Gasteiger partial charge in [-0.1, -0.05) is 17.7 Å². The molecule has 0 aliphatic carbocycles. The molecule has 1 heterocycles. The van der Waals surface area contributed by atoms with Crippen molar-refractivity contribution in [1.82, 2.24) is 9.78 Å². The highest BCUT2D eigenvalue weighted by Crippen LogP contribution is 2.28. The lowest BCUT2D eigenvalue weighted by atomic mass is 10.1. The van der Waals surface area contributed by atoms with Crippen LogP contribution in [-0.2, 0) is 0 Å².